The number of rotatable bonds is 7. The van der Waals surface area contributed by atoms with E-state index in [1.165, 1.54) is 12.8 Å². The van der Waals surface area contributed by atoms with E-state index in [9.17, 15) is 9.59 Å². The van der Waals surface area contributed by atoms with Gasteiger partial charge in [0.15, 0.2) is 0 Å². The smallest absolute Gasteiger partial charge is 0.407 e. The summed E-state index contributed by atoms with van der Waals surface area (Å²) in [6.07, 6.45) is 11.8. The molecule has 1 aromatic carbocycles. The number of fused-ring (bicyclic) bond motifs is 1. The summed E-state index contributed by atoms with van der Waals surface area (Å²) >= 11 is 0. The maximum Gasteiger partial charge on any atom is 0.407 e. The molecular weight excluding hydrogens is 452 g/mol. The molecular formula is C29H34N4O3. The number of hydrogen-bond donors (Lipinski definition) is 2. The summed E-state index contributed by atoms with van der Waals surface area (Å²) in [6, 6.07) is 13.7. The summed E-state index contributed by atoms with van der Waals surface area (Å²) in [5.74, 6) is 0.765. The highest BCUT2D eigenvalue weighted by atomic mass is 16.5. The maximum atomic E-state index is 13.3. The lowest BCUT2D eigenvalue weighted by molar-refractivity contribution is 0.0921. The van der Waals surface area contributed by atoms with Crippen LogP contribution in [0.4, 0.5) is 4.79 Å². The summed E-state index contributed by atoms with van der Waals surface area (Å²) in [6.45, 7) is 1.13. The molecule has 0 aliphatic heterocycles. The minimum Gasteiger partial charge on any atom is -0.449 e. The van der Waals surface area contributed by atoms with Crippen LogP contribution >= 0.6 is 0 Å². The van der Waals surface area contributed by atoms with Gasteiger partial charge in [0.25, 0.3) is 5.91 Å². The van der Waals surface area contributed by atoms with Gasteiger partial charge in [-0.1, -0.05) is 31.0 Å². The zero-order chi connectivity index (χ0) is 24.7. The molecule has 2 saturated carbocycles. The SMILES string of the molecule is O=C(NC1CCCC1)OCC1CCC(CNC(=O)c2cc(-c3ccncc3)nc3ccccc23)CC1. The van der Waals surface area contributed by atoms with Gasteiger partial charge in [0.05, 0.1) is 23.4 Å². The van der Waals surface area contributed by atoms with Crippen LogP contribution in [0.5, 0.6) is 0 Å². The first-order valence-electron chi connectivity index (χ1n) is 13.2. The first kappa shape index (κ1) is 24.2. The molecule has 2 aromatic heterocycles. The van der Waals surface area contributed by atoms with E-state index < -0.39 is 0 Å². The molecule has 0 saturated heterocycles. The minimum atomic E-state index is -0.271. The number of carbonyl (C=O) groups excluding carboxylic acids is 2. The maximum absolute atomic E-state index is 13.3. The van der Waals surface area contributed by atoms with Crippen molar-refractivity contribution in [1.82, 2.24) is 20.6 Å². The Morgan fingerprint density at radius 2 is 1.64 bits per heavy atom. The lowest BCUT2D eigenvalue weighted by Gasteiger charge is -2.28. The molecule has 2 amide bonds. The van der Waals surface area contributed by atoms with Gasteiger partial charge in [-0.2, -0.15) is 0 Å². The van der Waals surface area contributed by atoms with Gasteiger partial charge in [-0.3, -0.25) is 9.78 Å². The molecule has 0 spiro atoms. The fourth-order valence-corrected chi connectivity index (χ4v) is 5.44. The topological polar surface area (TPSA) is 93.2 Å². The summed E-state index contributed by atoms with van der Waals surface area (Å²) in [4.78, 5) is 34.1. The molecule has 0 bridgehead atoms. The van der Waals surface area contributed by atoms with Gasteiger partial charge in [-0.15, -0.1) is 0 Å². The van der Waals surface area contributed by atoms with Gasteiger partial charge < -0.3 is 15.4 Å². The number of pyridine rings is 2. The van der Waals surface area contributed by atoms with E-state index in [-0.39, 0.29) is 18.0 Å². The number of benzene rings is 1. The Labute approximate surface area is 212 Å². The summed E-state index contributed by atoms with van der Waals surface area (Å²) in [5, 5.41) is 7.01. The third-order valence-electron chi connectivity index (χ3n) is 7.58. The van der Waals surface area contributed by atoms with Crippen molar-refractivity contribution in [2.45, 2.75) is 57.4 Å². The molecule has 3 aromatic rings. The Balaban J connectivity index is 1.13. The summed E-state index contributed by atoms with van der Waals surface area (Å²) < 4.78 is 5.49. The molecule has 2 N–H and O–H groups in total. The first-order chi connectivity index (χ1) is 17.7. The Morgan fingerprint density at radius 1 is 0.917 bits per heavy atom. The van der Waals surface area contributed by atoms with Crippen LogP contribution in [0, 0.1) is 11.8 Å². The standard InChI is InChI=1S/C29H34N4O3/c34-28(25-17-27(22-13-15-30-16-14-22)33-26-8-4-3-7-24(25)26)31-18-20-9-11-21(12-10-20)19-36-29(35)32-23-5-1-2-6-23/h3-4,7-8,13-17,20-21,23H,1-2,5-6,9-12,18-19H2,(H,31,34)(H,32,35). The van der Waals surface area contributed by atoms with Gasteiger partial charge >= 0.3 is 6.09 Å². The van der Waals surface area contributed by atoms with Crippen molar-refractivity contribution in [2.24, 2.45) is 11.8 Å². The van der Waals surface area contributed by atoms with Gasteiger partial charge in [0, 0.05) is 35.9 Å². The number of para-hydroxylation sites is 1. The molecule has 0 unspecified atom stereocenters. The number of ether oxygens (including phenoxy) is 1. The highest BCUT2D eigenvalue weighted by Crippen LogP contribution is 2.29. The van der Waals surface area contributed by atoms with E-state index in [2.05, 4.69) is 15.6 Å². The number of carbonyl (C=O) groups is 2. The van der Waals surface area contributed by atoms with E-state index in [0.717, 1.165) is 60.7 Å². The molecule has 188 valence electrons. The largest absolute Gasteiger partial charge is 0.449 e. The quantitative estimate of drug-likeness (QED) is 0.460. The molecule has 5 rings (SSSR count). The Kier molecular flexibility index (Phi) is 7.74. The molecule has 0 radical (unpaired) electrons. The minimum absolute atomic E-state index is 0.0713. The highest BCUT2D eigenvalue weighted by molar-refractivity contribution is 6.07. The van der Waals surface area contributed by atoms with Crippen molar-refractivity contribution in [3.63, 3.8) is 0 Å². The lowest BCUT2D eigenvalue weighted by Crippen LogP contribution is -2.35. The summed E-state index contributed by atoms with van der Waals surface area (Å²) in [7, 11) is 0. The van der Waals surface area contributed by atoms with E-state index in [1.54, 1.807) is 12.4 Å². The average Bonchev–Trinajstić information content (AvgIpc) is 3.44. The Morgan fingerprint density at radius 3 is 2.42 bits per heavy atom. The Hall–Kier alpha value is -3.48. The van der Waals surface area contributed by atoms with Crippen molar-refractivity contribution in [2.75, 3.05) is 13.2 Å². The molecule has 7 nitrogen and oxygen atoms in total. The predicted molar refractivity (Wildman–Crippen MR) is 139 cm³/mol. The second kappa shape index (κ2) is 11.5. The van der Waals surface area contributed by atoms with E-state index in [0.29, 0.717) is 30.6 Å². The molecule has 0 atom stereocenters. The normalized spacial score (nSPS) is 20.2. The van der Waals surface area contributed by atoms with Crippen LogP contribution in [0.3, 0.4) is 0 Å². The fraction of sp³-hybridized carbons (Fsp3) is 0.448. The zero-order valence-corrected chi connectivity index (χ0v) is 20.6. The first-order valence-corrected chi connectivity index (χ1v) is 13.2. The lowest BCUT2D eigenvalue weighted by atomic mass is 9.82. The predicted octanol–water partition coefficient (Wildman–Crippen LogP) is 5.50. The highest BCUT2D eigenvalue weighted by Gasteiger charge is 2.24. The van der Waals surface area contributed by atoms with Gasteiger partial charge in [0.1, 0.15) is 0 Å². The van der Waals surface area contributed by atoms with Crippen molar-refractivity contribution in [3.8, 4) is 11.3 Å². The average molecular weight is 487 g/mol. The number of nitrogens with zero attached hydrogens (tertiary/aromatic N) is 2. The second-order valence-electron chi connectivity index (χ2n) is 10.1. The van der Waals surface area contributed by atoms with Gasteiger partial charge in [0.2, 0.25) is 0 Å². The third kappa shape index (κ3) is 6.01. The van der Waals surface area contributed by atoms with Crippen molar-refractivity contribution < 1.29 is 14.3 Å². The van der Waals surface area contributed by atoms with Crippen LogP contribution in [0.1, 0.15) is 61.7 Å². The molecule has 36 heavy (non-hydrogen) atoms. The second-order valence-corrected chi connectivity index (χ2v) is 10.1. The summed E-state index contributed by atoms with van der Waals surface area (Å²) in [5.41, 5.74) is 3.14. The number of hydrogen-bond acceptors (Lipinski definition) is 5. The molecule has 7 heteroatoms. The fourth-order valence-electron chi connectivity index (χ4n) is 5.44. The van der Waals surface area contributed by atoms with E-state index >= 15 is 0 Å². The van der Waals surface area contributed by atoms with Crippen LogP contribution in [0.25, 0.3) is 22.2 Å². The van der Waals surface area contributed by atoms with Crippen LogP contribution in [-0.2, 0) is 4.74 Å². The number of amides is 2. The molecule has 2 aliphatic rings. The van der Waals surface area contributed by atoms with Crippen LogP contribution in [0.15, 0.2) is 54.9 Å². The van der Waals surface area contributed by atoms with Gasteiger partial charge in [-0.05, 0) is 74.6 Å². The van der Waals surface area contributed by atoms with Crippen molar-refractivity contribution >= 4 is 22.9 Å². The van der Waals surface area contributed by atoms with Crippen LogP contribution < -0.4 is 10.6 Å². The third-order valence-corrected chi connectivity index (χ3v) is 7.58. The number of nitrogens with one attached hydrogen (secondary N) is 2. The van der Waals surface area contributed by atoms with Gasteiger partial charge in [-0.25, -0.2) is 9.78 Å². The van der Waals surface area contributed by atoms with Crippen LogP contribution in [0.2, 0.25) is 0 Å². The number of aromatic nitrogens is 2. The zero-order valence-electron chi connectivity index (χ0n) is 20.6. The van der Waals surface area contributed by atoms with E-state index in [4.69, 9.17) is 9.72 Å². The molecule has 2 heterocycles. The van der Waals surface area contributed by atoms with Crippen LogP contribution in [-0.4, -0.2) is 41.2 Å². The van der Waals surface area contributed by atoms with Crippen molar-refractivity contribution in [1.29, 1.82) is 0 Å². The Bertz CT molecular complexity index is 1190. The molecule has 2 fully saturated rings. The van der Waals surface area contributed by atoms with Crippen molar-refractivity contribution in [3.05, 3.63) is 60.4 Å². The molecule has 2 aliphatic carbocycles. The number of alkyl carbamates (subject to hydrolysis) is 1. The monoisotopic (exact) mass is 486 g/mol. The van der Waals surface area contributed by atoms with E-state index in [1.807, 2.05) is 42.5 Å².